The van der Waals surface area contributed by atoms with Gasteiger partial charge in [-0.2, -0.15) is 0 Å². The number of nitrogens with zero attached hydrogens (tertiary/aromatic N) is 5. The van der Waals surface area contributed by atoms with Gasteiger partial charge in [0, 0.05) is 26.2 Å². The molecule has 0 spiro atoms. The Bertz CT molecular complexity index is 1240. The van der Waals surface area contributed by atoms with Gasteiger partial charge in [-0.05, 0) is 19.1 Å². The summed E-state index contributed by atoms with van der Waals surface area (Å²) in [4.78, 5) is 35.0. The lowest BCUT2D eigenvalue weighted by Crippen LogP contribution is -3.00. The number of nitrogen functional groups attached to an aromatic ring is 2. The highest BCUT2D eigenvalue weighted by atomic mass is 35.5. The molecule has 2 aromatic heterocycles. The lowest BCUT2D eigenvalue weighted by atomic mass is 10.3. The number of aromatic nitrogens is 4. The monoisotopic (exact) mass is 561 g/mol. The van der Waals surface area contributed by atoms with Crippen molar-refractivity contribution in [3.8, 4) is 5.75 Å². The van der Waals surface area contributed by atoms with Gasteiger partial charge < -0.3 is 44.6 Å². The van der Waals surface area contributed by atoms with Crippen molar-refractivity contribution < 1.29 is 31.3 Å². The first kappa shape index (κ1) is 31.0. The Kier molecular flexibility index (Phi) is 11.4. The van der Waals surface area contributed by atoms with Gasteiger partial charge >= 0.3 is 0 Å². The number of hydrogen-bond acceptors (Lipinski definition) is 8. The third-order valence-electron chi connectivity index (χ3n) is 5.41. The number of carbonyl (C=O) groups excluding carboxylic acids is 2. The van der Waals surface area contributed by atoms with Crippen LogP contribution < -0.4 is 44.2 Å². The number of methoxy groups -OCH3 is 1. The predicted molar refractivity (Wildman–Crippen MR) is 135 cm³/mol. The van der Waals surface area contributed by atoms with Gasteiger partial charge in [-0.15, -0.1) is 12.4 Å². The average molecular weight is 563 g/mol. The lowest BCUT2D eigenvalue weighted by molar-refractivity contribution is -0.668. The van der Waals surface area contributed by atoms with E-state index in [0.717, 1.165) is 11.0 Å². The van der Waals surface area contributed by atoms with Gasteiger partial charge in [0.1, 0.15) is 12.3 Å². The fourth-order valence-electron chi connectivity index (χ4n) is 3.64. The molecule has 0 fully saturated rings. The van der Waals surface area contributed by atoms with Crippen LogP contribution in [0.2, 0.25) is 5.15 Å². The van der Waals surface area contributed by atoms with Crippen molar-refractivity contribution in [3.05, 3.63) is 34.9 Å². The number of hydrogen-bond donors (Lipinski definition) is 4. The lowest BCUT2D eigenvalue weighted by Gasteiger charge is -2.15. The van der Waals surface area contributed by atoms with Crippen LogP contribution in [0.15, 0.2) is 18.2 Å². The maximum Gasteiger partial charge on any atom is 0.277 e. The first-order chi connectivity index (χ1) is 16.2. The van der Waals surface area contributed by atoms with E-state index in [9.17, 15) is 9.59 Å². The van der Waals surface area contributed by atoms with Crippen molar-refractivity contribution in [2.75, 3.05) is 38.7 Å². The summed E-state index contributed by atoms with van der Waals surface area (Å²) in [5, 5.41) is 2.68. The number of aryl methyl sites for hydroxylation is 1. The van der Waals surface area contributed by atoms with Crippen LogP contribution in [0.25, 0.3) is 11.0 Å². The second kappa shape index (κ2) is 13.3. The maximum absolute atomic E-state index is 12.9. The minimum atomic E-state index is -0.574. The fraction of sp³-hybridized carbons (Fsp3) is 0.381. The van der Waals surface area contributed by atoms with Crippen molar-refractivity contribution in [1.82, 2.24) is 24.8 Å². The zero-order valence-electron chi connectivity index (χ0n) is 20.1. The van der Waals surface area contributed by atoms with E-state index in [1.54, 1.807) is 19.1 Å². The molecule has 0 radical (unpaired) electrons. The highest BCUT2D eigenvalue weighted by Gasteiger charge is 2.28. The minimum Gasteiger partial charge on any atom is -1.00 e. The van der Waals surface area contributed by atoms with E-state index < -0.39 is 5.91 Å². The molecule has 0 aliphatic rings. The molecule has 0 unspecified atom stereocenters. The molecule has 15 heteroatoms. The SMILES string of the molecule is CCn1c(CNC(=O)c2nc(Cl)c(N)nc2N)[n+](CC(=O)N(C)CCN)c2ccc(OC)cc21.Cl.[Cl-]. The number of rotatable bonds is 9. The molecular formula is C21H30Cl3N9O3. The molecule has 0 aliphatic carbocycles. The Balaban J connectivity index is 0.00000324. The second-order valence-corrected chi connectivity index (χ2v) is 7.88. The molecule has 0 aliphatic heterocycles. The van der Waals surface area contributed by atoms with Crippen LogP contribution in [0, 0.1) is 0 Å². The predicted octanol–water partition coefficient (Wildman–Crippen LogP) is -2.66. The summed E-state index contributed by atoms with van der Waals surface area (Å²) in [6, 6.07) is 5.59. The number of nitrogens with two attached hydrogens (primary N) is 3. The summed E-state index contributed by atoms with van der Waals surface area (Å²) < 4.78 is 9.24. The van der Waals surface area contributed by atoms with Crippen LogP contribution in [0.5, 0.6) is 5.75 Å². The molecule has 0 bridgehead atoms. The van der Waals surface area contributed by atoms with Crippen molar-refractivity contribution >= 4 is 58.5 Å². The molecule has 3 aromatic rings. The highest BCUT2D eigenvalue weighted by molar-refractivity contribution is 6.31. The van der Waals surface area contributed by atoms with Gasteiger partial charge in [0.2, 0.25) is 0 Å². The molecule has 0 saturated carbocycles. The quantitative estimate of drug-likeness (QED) is 0.205. The molecule has 3 rings (SSSR count). The van der Waals surface area contributed by atoms with Gasteiger partial charge in [0.25, 0.3) is 17.6 Å². The van der Waals surface area contributed by atoms with Gasteiger partial charge in [-0.3, -0.25) is 9.59 Å². The number of benzene rings is 1. The van der Waals surface area contributed by atoms with Crippen molar-refractivity contribution in [1.29, 1.82) is 0 Å². The minimum absolute atomic E-state index is 0. The van der Waals surface area contributed by atoms with Crippen LogP contribution in [0.4, 0.5) is 11.6 Å². The van der Waals surface area contributed by atoms with Crippen LogP contribution in [-0.4, -0.2) is 58.5 Å². The number of anilines is 2. The fourth-order valence-corrected chi connectivity index (χ4v) is 3.77. The Morgan fingerprint density at radius 3 is 2.56 bits per heavy atom. The second-order valence-electron chi connectivity index (χ2n) is 7.52. The van der Waals surface area contributed by atoms with Crippen LogP contribution in [-0.2, 0) is 24.4 Å². The van der Waals surface area contributed by atoms with E-state index in [-0.39, 0.29) is 66.3 Å². The topological polar surface area (TPSA) is 171 Å². The van der Waals surface area contributed by atoms with Crippen LogP contribution in [0.1, 0.15) is 23.2 Å². The Morgan fingerprint density at radius 1 is 1.25 bits per heavy atom. The number of imidazole rings is 1. The largest absolute Gasteiger partial charge is 1.00 e. The number of amides is 2. The summed E-state index contributed by atoms with van der Waals surface area (Å²) in [6.45, 7) is 3.50. The number of halogens is 3. The summed E-state index contributed by atoms with van der Waals surface area (Å²) in [5.74, 6) is 0.487. The number of carbonyl (C=O) groups is 2. The van der Waals surface area contributed by atoms with E-state index in [1.165, 1.54) is 0 Å². The molecule has 7 N–H and O–H groups in total. The third-order valence-corrected chi connectivity index (χ3v) is 5.69. The molecule has 1 aromatic carbocycles. The molecule has 198 valence electrons. The number of ether oxygens (including phenoxy) is 1. The maximum atomic E-state index is 12.9. The summed E-state index contributed by atoms with van der Waals surface area (Å²) in [6.07, 6.45) is 0. The molecular weight excluding hydrogens is 533 g/mol. The zero-order chi connectivity index (χ0) is 25.0. The number of likely N-dealkylation sites (N-methyl/N-ethyl adjacent to an activating group) is 1. The summed E-state index contributed by atoms with van der Waals surface area (Å²) >= 11 is 5.91. The normalized spacial score (nSPS) is 10.4. The summed E-state index contributed by atoms with van der Waals surface area (Å²) in [5.41, 5.74) is 18.5. The molecule has 2 amide bonds. The summed E-state index contributed by atoms with van der Waals surface area (Å²) in [7, 11) is 3.29. The van der Waals surface area contributed by atoms with Gasteiger partial charge in [-0.1, -0.05) is 11.6 Å². The first-order valence-corrected chi connectivity index (χ1v) is 11.0. The average Bonchev–Trinajstić information content (AvgIpc) is 3.11. The van der Waals surface area contributed by atoms with Crippen LogP contribution >= 0.6 is 24.0 Å². The van der Waals surface area contributed by atoms with Crippen LogP contribution in [0.3, 0.4) is 0 Å². The van der Waals surface area contributed by atoms with Crippen molar-refractivity contribution in [3.63, 3.8) is 0 Å². The molecule has 36 heavy (non-hydrogen) atoms. The van der Waals surface area contributed by atoms with E-state index in [2.05, 4.69) is 15.3 Å². The molecule has 12 nitrogen and oxygen atoms in total. The highest BCUT2D eigenvalue weighted by Crippen LogP contribution is 2.22. The van der Waals surface area contributed by atoms with E-state index >= 15 is 0 Å². The standard InChI is InChI=1S/C21H28ClN9O3.2ClH/c1-4-30-14-9-12(34-3)5-6-13(14)31(11-16(32)29(2)8-7-23)15(30)10-26-21(33)17-19(24)28-20(25)18(22)27-17;;/h5-6,9H,4,7-8,10-11,23H2,1-3H3,(H4-,24,25,26,28,33);2*1H. The van der Waals surface area contributed by atoms with Crippen molar-refractivity contribution in [2.24, 2.45) is 5.73 Å². The Hall–Kier alpha value is -3.06. The van der Waals surface area contributed by atoms with E-state index in [1.807, 2.05) is 34.3 Å². The molecule has 2 heterocycles. The van der Waals surface area contributed by atoms with Gasteiger partial charge in [-0.25, -0.2) is 19.1 Å². The number of fused-ring (bicyclic) bond motifs is 1. The molecule has 0 saturated heterocycles. The zero-order valence-corrected chi connectivity index (χ0v) is 22.5. The first-order valence-electron chi connectivity index (χ1n) is 10.6. The molecule has 0 atom stereocenters. The Morgan fingerprint density at radius 2 is 1.94 bits per heavy atom. The van der Waals surface area contributed by atoms with Gasteiger partial charge in [0.05, 0.1) is 13.7 Å². The smallest absolute Gasteiger partial charge is 0.277 e. The third kappa shape index (κ3) is 6.38. The van der Waals surface area contributed by atoms with Crippen molar-refractivity contribution in [2.45, 2.75) is 26.6 Å². The van der Waals surface area contributed by atoms with E-state index in [0.29, 0.717) is 31.2 Å². The van der Waals surface area contributed by atoms with E-state index in [4.69, 9.17) is 33.5 Å². The van der Waals surface area contributed by atoms with Gasteiger partial charge in [0.15, 0.2) is 40.1 Å². The Labute approximate surface area is 225 Å². The number of nitrogens with one attached hydrogen (secondary N) is 1.